The van der Waals surface area contributed by atoms with Crippen LogP contribution in [0.3, 0.4) is 0 Å². The first-order chi connectivity index (χ1) is 21.4. The summed E-state index contributed by atoms with van der Waals surface area (Å²) in [5.41, 5.74) is 0. The smallest absolute Gasteiger partial charge is 0.303 e. The molecule has 0 rings (SSSR count). The highest BCUT2D eigenvalue weighted by molar-refractivity contribution is 7.60. The zero-order valence-electron chi connectivity index (χ0n) is 34.8. The van der Waals surface area contributed by atoms with Crippen molar-refractivity contribution in [1.82, 2.24) is 14.7 Å². The minimum absolute atomic E-state index is 0.789. The molecular weight excluding hydrogens is 648 g/mol. The molecule has 0 heterocycles. The Morgan fingerprint density at radius 3 is 0.479 bits per heavy atom. The molecule has 296 valence electrons. The fourth-order valence-electron chi connectivity index (χ4n) is 5.46. The predicted octanol–water partition coefficient (Wildman–Crippen LogP) is 8.96. The topological polar surface area (TPSA) is 134 Å². The second kappa shape index (κ2) is 29.7. The van der Waals surface area contributed by atoms with Crippen LogP contribution in [-0.2, 0) is 13.4 Å². The molecule has 0 aromatic heterocycles. The predicted molar refractivity (Wildman–Crippen MR) is 208 cm³/mol. The van der Waals surface area contributed by atoms with E-state index in [0.717, 1.165) is 53.3 Å². The molecule has 0 fully saturated rings. The molecule has 10 nitrogen and oxygen atoms in total. The maximum atomic E-state index is 9.63. The third kappa shape index (κ3) is 52.9. The van der Waals surface area contributed by atoms with E-state index in [1.54, 1.807) is 0 Å². The van der Waals surface area contributed by atoms with Gasteiger partial charge in [-0.15, -0.1) is 0 Å². The van der Waals surface area contributed by atoms with Crippen molar-refractivity contribution in [2.24, 2.45) is 53.3 Å². The summed E-state index contributed by atoms with van der Waals surface area (Å²) < 4.78 is 22.2. The lowest BCUT2D eigenvalue weighted by Crippen LogP contribution is -2.34. The summed E-state index contributed by atoms with van der Waals surface area (Å²) in [6, 6.07) is 0. The Labute approximate surface area is 299 Å². The SMILES string of the molecule is CC(C)CN(CC(C)C)CC(C)C.CC(C)CN(CC(C)C)CC(C)C.CC(C)CN(CC(C)C)CC(C)C.O=P(O)(O)OP(=O)(O)O. The molecule has 4 N–H and O–H groups in total. The van der Waals surface area contributed by atoms with E-state index in [0.29, 0.717) is 0 Å². The van der Waals surface area contributed by atoms with E-state index in [-0.39, 0.29) is 0 Å². The van der Waals surface area contributed by atoms with Gasteiger partial charge >= 0.3 is 15.6 Å². The van der Waals surface area contributed by atoms with E-state index in [9.17, 15) is 9.13 Å². The van der Waals surface area contributed by atoms with Crippen molar-refractivity contribution in [2.45, 2.75) is 125 Å². The number of nitrogens with zero attached hydrogens (tertiary/aromatic N) is 3. The Hall–Kier alpha value is 0.140. The minimum Gasteiger partial charge on any atom is -0.303 e. The summed E-state index contributed by atoms with van der Waals surface area (Å²) in [6.07, 6.45) is 0. The summed E-state index contributed by atoms with van der Waals surface area (Å²) in [4.78, 5) is 38.8. The van der Waals surface area contributed by atoms with E-state index in [1.165, 1.54) is 58.9 Å². The molecule has 0 bridgehead atoms. The molecular formula is C36H85N3O7P2. The van der Waals surface area contributed by atoms with Crippen LogP contribution in [0.1, 0.15) is 125 Å². The van der Waals surface area contributed by atoms with Crippen LogP contribution in [0.25, 0.3) is 0 Å². The number of rotatable bonds is 20. The zero-order chi connectivity index (χ0) is 39.0. The van der Waals surface area contributed by atoms with Gasteiger partial charge in [0, 0.05) is 58.9 Å². The minimum atomic E-state index is -5.05. The molecule has 0 aromatic rings. The monoisotopic (exact) mass is 734 g/mol. The van der Waals surface area contributed by atoms with Crippen LogP contribution in [0.4, 0.5) is 0 Å². The number of hydrogen-bond acceptors (Lipinski definition) is 6. The van der Waals surface area contributed by atoms with Gasteiger partial charge in [0.25, 0.3) is 0 Å². The van der Waals surface area contributed by atoms with Crippen LogP contribution in [0.2, 0.25) is 0 Å². The van der Waals surface area contributed by atoms with Gasteiger partial charge in [-0.3, -0.25) is 0 Å². The first kappa shape index (κ1) is 54.9. The van der Waals surface area contributed by atoms with Crippen LogP contribution in [0, 0.1) is 53.3 Å². The van der Waals surface area contributed by atoms with Gasteiger partial charge in [0.05, 0.1) is 0 Å². The van der Waals surface area contributed by atoms with Gasteiger partial charge in [0.15, 0.2) is 0 Å². The van der Waals surface area contributed by atoms with Crippen LogP contribution >= 0.6 is 15.6 Å². The van der Waals surface area contributed by atoms with Gasteiger partial charge < -0.3 is 34.3 Å². The van der Waals surface area contributed by atoms with Crippen molar-refractivity contribution < 1.29 is 33.0 Å². The Morgan fingerprint density at radius 2 is 0.438 bits per heavy atom. The normalized spacial score (nSPS) is 12.7. The van der Waals surface area contributed by atoms with E-state index in [4.69, 9.17) is 19.6 Å². The third-order valence-electron chi connectivity index (χ3n) is 5.82. The first-order valence-electron chi connectivity index (χ1n) is 18.4. The first-order valence-corrected chi connectivity index (χ1v) is 21.5. The summed E-state index contributed by atoms with van der Waals surface area (Å²) >= 11 is 0. The number of hydrogen-bond donors (Lipinski definition) is 4. The lowest BCUT2D eigenvalue weighted by atomic mass is 10.1. The Balaban J connectivity index is -0.000000271. The summed E-state index contributed by atoms with van der Waals surface area (Å²) in [7, 11) is -10.1. The highest BCUT2D eigenvalue weighted by atomic mass is 31.3. The van der Waals surface area contributed by atoms with E-state index >= 15 is 0 Å². The van der Waals surface area contributed by atoms with Gasteiger partial charge in [0.2, 0.25) is 0 Å². The standard InChI is InChI=1S/3C12H27N.H4O7P2/c3*1-10(2)7-13(8-11(3)4)9-12(5)6;1-8(2,3)7-9(4,5)6/h3*10-12H,7-9H2,1-6H3;(H2,1,2,3)(H2,4,5,6). The average molecular weight is 734 g/mol. The summed E-state index contributed by atoms with van der Waals surface area (Å²) in [5, 5.41) is 0. The molecule has 0 saturated carbocycles. The molecule has 0 radical (unpaired) electrons. The van der Waals surface area contributed by atoms with E-state index in [2.05, 4.69) is 144 Å². The third-order valence-corrected chi connectivity index (χ3v) is 7.52. The molecule has 48 heavy (non-hydrogen) atoms. The fraction of sp³-hybridized carbons (Fsp3) is 1.00. The molecule has 0 saturated heterocycles. The van der Waals surface area contributed by atoms with Crippen molar-refractivity contribution >= 4 is 15.6 Å². The highest BCUT2D eigenvalue weighted by Crippen LogP contribution is 2.53. The Bertz CT molecular complexity index is 649. The van der Waals surface area contributed by atoms with Crippen molar-refractivity contribution in [3.63, 3.8) is 0 Å². The van der Waals surface area contributed by atoms with Gasteiger partial charge in [-0.1, -0.05) is 125 Å². The molecule has 0 aromatic carbocycles. The van der Waals surface area contributed by atoms with E-state index < -0.39 is 15.6 Å². The molecule has 0 aliphatic rings. The van der Waals surface area contributed by atoms with E-state index in [1.807, 2.05) is 0 Å². The van der Waals surface area contributed by atoms with Crippen LogP contribution < -0.4 is 0 Å². The fourth-order valence-corrected chi connectivity index (χ4v) is 6.57. The maximum Gasteiger partial charge on any atom is 0.478 e. The highest BCUT2D eigenvalue weighted by Gasteiger charge is 2.28. The molecule has 0 unspecified atom stereocenters. The van der Waals surface area contributed by atoms with Crippen molar-refractivity contribution in [3.8, 4) is 0 Å². The largest absolute Gasteiger partial charge is 0.478 e. The Kier molecular flexibility index (Phi) is 34.0. The molecule has 0 amide bonds. The van der Waals surface area contributed by atoms with Crippen LogP contribution in [-0.4, -0.2) is 93.2 Å². The maximum absolute atomic E-state index is 9.63. The average Bonchev–Trinajstić information content (AvgIpc) is 2.73. The zero-order valence-corrected chi connectivity index (χ0v) is 36.6. The molecule has 0 atom stereocenters. The molecule has 0 spiro atoms. The summed E-state index contributed by atoms with van der Waals surface area (Å²) in [5.74, 6) is 7.10. The lowest BCUT2D eigenvalue weighted by Gasteiger charge is -2.27. The molecule has 0 aliphatic heterocycles. The quantitative estimate of drug-likeness (QED) is 0.0899. The van der Waals surface area contributed by atoms with Crippen LogP contribution in [0.15, 0.2) is 0 Å². The second-order valence-electron chi connectivity index (χ2n) is 17.3. The number of phosphoric acid groups is 2. The van der Waals surface area contributed by atoms with Gasteiger partial charge in [-0.25, -0.2) is 9.13 Å². The lowest BCUT2D eigenvalue weighted by molar-refractivity contribution is 0.198. The van der Waals surface area contributed by atoms with Crippen LogP contribution in [0.5, 0.6) is 0 Å². The summed E-state index contributed by atoms with van der Waals surface area (Å²) in [6.45, 7) is 52.6. The molecule has 12 heteroatoms. The molecule has 0 aliphatic carbocycles. The van der Waals surface area contributed by atoms with Gasteiger partial charge in [-0.2, -0.15) is 4.31 Å². The van der Waals surface area contributed by atoms with Crippen molar-refractivity contribution in [3.05, 3.63) is 0 Å². The second-order valence-corrected chi connectivity index (χ2v) is 19.9. The Morgan fingerprint density at radius 1 is 0.333 bits per heavy atom. The van der Waals surface area contributed by atoms with Gasteiger partial charge in [0.1, 0.15) is 0 Å². The van der Waals surface area contributed by atoms with Crippen molar-refractivity contribution in [2.75, 3.05) is 58.9 Å². The van der Waals surface area contributed by atoms with Crippen molar-refractivity contribution in [1.29, 1.82) is 0 Å². The van der Waals surface area contributed by atoms with Gasteiger partial charge in [-0.05, 0) is 53.3 Å².